The summed E-state index contributed by atoms with van der Waals surface area (Å²) in [4.78, 5) is 8.86. The summed E-state index contributed by atoms with van der Waals surface area (Å²) in [5, 5.41) is 6.56. The average Bonchev–Trinajstić information content (AvgIpc) is 2.65. The van der Waals surface area contributed by atoms with Crippen LogP contribution in [0.25, 0.3) is 0 Å². The van der Waals surface area contributed by atoms with Crippen LogP contribution in [-0.2, 0) is 0 Å². The number of aromatic nitrogens is 2. The minimum atomic E-state index is 0.528. The number of methoxy groups -OCH3 is 2. The van der Waals surface area contributed by atoms with Gasteiger partial charge in [0.05, 0.1) is 19.9 Å². The number of ether oxygens (including phenoxy) is 2. The Hall–Kier alpha value is -3.28. The van der Waals surface area contributed by atoms with Gasteiger partial charge in [0.15, 0.2) is 0 Å². The molecule has 2 aromatic carbocycles. The number of benzene rings is 2. The molecule has 0 saturated heterocycles. The maximum absolute atomic E-state index is 5.42. The Labute approximate surface area is 153 Å². The lowest BCUT2D eigenvalue weighted by molar-refractivity contribution is 0.395. The number of hydrogen-bond donors (Lipinski definition) is 2. The molecule has 134 valence electrons. The molecule has 0 radical (unpaired) electrons. The lowest BCUT2D eigenvalue weighted by Crippen LogP contribution is -2.03. The normalized spacial score (nSPS) is 10.3. The van der Waals surface area contributed by atoms with Crippen LogP contribution in [-0.4, -0.2) is 24.2 Å². The van der Waals surface area contributed by atoms with Crippen LogP contribution in [0.5, 0.6) is 11.5 Å². The van der Waals surface area contributed by atoms with Gasteiger partial charge in [-0.25, -0.2) is 4.98 Å². The number of anilines is 4. The topological polar surface area (TPSA) is 68.3 Å². The molecule has 3 rings (SSSR count). The van der Waals surface area contributed by atoms with Crippen molar-refractivity contribution in [3.63, 3.8) is 0 Å². The fraction of sp³-hybridized carbons (Fsp3) is 0.200. The molecule has 0 unspecified atom stereocenters. The second kappa shape index (κ2) is 7.74. The Kier molecular flexibility index (Phi) is 5.22. The Balaban J connectivity index is 1.84. The van der Waals surface area contributed by atoms with Crippen LogP contribution < -0.4 is 20.1 Å². The number of aryl methyl sites for hydroxylation is 2. The van der Waals surface area contributed by atoms with Crippen molar-refractivity contribution >= 4 is 23.1 Å². The van der Waals surface area contributed by atoms with Gasteiger partial charge in [-0.1, -0.05) is 18.2 Å². The summed E-state index contributed by atoms with van der Waals surface area (Å²) in [5.74, 6) is 2.59. The highest BCUT2D eigenvalue weighted by molar-refractivity contribution is 5.67. The van der Waals surface area contributed by atoms with Crippen molar-refractivity contribution in [3.8, 4) is 11.5 Å². The molecule has 0 amide bonds. The molecule has 6 heteroatoms. The third-order valence-electron chi connectivity index (χ3n) is 4.04. The molecule has 0 aliphatic rings. The van der Waals surface area contributed by atoms with Crippen molar-refractivity contribution in [2.24, 2.45) is 0 Å². The van der Waals surface area contributed by atoms with Gasteiger partial charge in [-0.2, -0.15) is 4.98 Å². The molecule has 0 spiro atoms. The second-order valence-corrected chi connectivity index (χ2v) is 5.85. The molecule has 0 aliphatic carbocycles. The number of hydrogen-bond acceptors (Lipinski definition) is 6. The van der Waals surface area contributed by atoms with Gasteiger partial charge < -0.3 is 20.1 Å². The first-order chi connectivity index (χ1) is 12.6. The van der Waals surface area contributed by atoms with Crippen LogP contribution in [0.3, 0.4) is 0 Å². The van der Waals surface area contributed by atoms with Crippen LogP contribution in [0, 0.1) is 13.8 Å². The zero-order valence-electron chi connectivity index (χ0n) is 15.3. The maximum Gasteiger partial charge on any atom is 0.229 e. The van der Waals surface area contributed by atoms with Gasteiger partial charge in [0.1, 0.15) is 17.3 Å². The average molecular weight is 350 g/mol. The number of nitrogens with zero attached hydrogens (tertiary/aromatic N) is 2. The van der Waals surface area contributed by atoms with Crippen molar-refractivity contribution in [1.29, 1.82) is 0 Å². The van der Waals surface area contributed by atoms with Gasteiger partial charge in [0.25, 0.3) is 0 Å². The zero-order chi connectivity index (χ0) is 18.5. The highest BCUT2D eigenvalue weighted by Crippen LogP contribution is 2.31. The van der Waals surface area contributed by atoms with E-state index in [1.165, 1.54) is 0 Å². The predicted molar refractivity (Wildman–Crippen MR) is 104 cm³/mol. The molecule has 0 atom stereocenters. The molecule has 6 nitrogen and oxygen atoms in total. The SMILES string of the molecule is COc1ccc(Nc2ccnc(Nc3c(C)cccc3C)n2)c(OC)c1. The van der Waals surface area contributed by atoms with Gasteiger partial charge in [-0.3, -0.25) is 0 Å². The van der Waals surface area contributed by atoms with Crippen molar-refractivity contribution in [2.75, 3.05) is 24.9 Å². The van der Waals surface area contributed by atoms with E-state index in [0.717, 1.165) is 28.3 Å². The largest absolute Gasteiger partial charge is 0.497 e. The fourth-order valence-corrected chi connectivity index (χ4v) is 2.65. The summed E-state index contributed by atoms with van der Waals surface area (Å²) in [6.45, 7) is 4.11. The Morgan fingerprint density at radius 3 is 2.35 bits per heavy atom. The monoisotopic (exact) mass is 350 g/mol. The van der Waals surface area contributed by atoms with E-state index in [4.69, 9.17) is 9.47 Å². The summed E-state index contributed by atoms with van der Waals surface area (Å²) < 4.78 is 10.6. The number of para-hydroxylation sites is 1. The van der Waals surface area contributed by atoms with E-state index in [-0.39, 0.29) is 0 Å². The van der Waals surface area contributed by atoms with Crippen LogP contribution in [0.4, 0.5) is 23.1 Å². The first-order valence-electron chi connectivity index (χ1n) is 8.26. The Bertz CT molecular complexity index is 892. The molecular weight excluding hydrogens is 328 g/mol. The molecule has 0 fully saturated rings. The van der Waals surface area contributed by atoms with Crippen LogP contribution in [0.2, 0.25) is 0 Å². The summed E-state index contributed by atoms with van der Waals surface area (Å²) in [6.07, 6.45) is 1.71. The highest BCUT2D eigenvalue weighted by atomic mass is 16.5. The predicted octanol–water partition coefficient (Wildman–Crippen LogP) is 4.60. The standard InChI is InChI=1S/C20H22N4O2/c1-13-6-5-7-14(2)19(13)24-20-21-11-10-18(23-20)22-16-9-8-15(25-3)12-17(16)26-4/h5-12H,1-4H3,(H2,21,22,23,24). The molecule has 0 saturated carbocycles. The van der Waals surface area contributed by atoms with E-state index < -0.39 is 0 Å². The zero-order valence-corrected chi connectivity index (χ0v) is 15.3. The van der Waals surface area contributed by atoms with Crippen LogP contribution in [0.1, 0.15) is 11.1 Å². The summed E-state index contributed by atoms with van der Waals surface area (Å²) in [5.41, 5.74) is 4.10. The van der Waals surface area contributed by atoms with Gasteiger partial charge in [0, 0.05) is 18.0 Å². The lowest BCUT2D eigenvalue weighted by Gasteiger charge is -2.14. The fourth-order valence-electron chi connectivity index (χ4n) is 2.65. The molecule has 1 heterocycles. The van der Waals surface area contributed by atoms with E-state index in [0.29, 0.717) is 17.5 Å². The second-order valence-electron chi connectivity index (χ2n) is 5.85. The first kappa shape index (κ1) is 17.5. The van der Waals surface area contributed by atoms with E-state index in [1.807, 2.05) is 24.3 Å². The van der Waals surface area contributed by atoms with Crippen molar-refractivity contribution in [2.45, 2.75) is 13.8 Å². The van der Waals surface area contributed by atoms with Crippen LogP contribution in [0.15, 0.2) is 48.7 Å². The third-order valence-corrected chi connectivity index (χ3v) is 4.04. The Morgan fingerprint density at radius 2 is 1.65 bits per heavy atom. The molecular formula is C20H22N4O2. The van der Waals surface area contributed by atoms with E-state index >= 15 is 0 Å². The summed E-state index contributed by atoms with van der Waals surface area (Å²) in [6, 6.07) is 13.5. The summed E-state index contributed by atoms with van der Waals surface area (Å²) in [7, 11) is 3.24. The molecule has 3 aromatic rings. The Morgan fingerprint density at radius 1 is 0.885 bits per heavy atom. The van der Waals surface area contributed by atoms with Crippen molar-refractivity contribution < 1.29 is 9.47 Å². The summed E-state index contributed by atoms with van der Waals surface area (Å²) >= 11 is 0. The quantitative estimate of drug-likeness (QED) is 0.677. The van der Waals surface area contributed by atoms with E-state index in [2.05, 4.69) is 46.6 Å². The minimum absolute atomic E-state index is 0.528. The lowest BCUT2D eigenvalue weighted by atomic mass is 10.1. The van der Waals surface area contributed by atoms with Crippen molar-refractivity contribution in [1.82, 2.24) is 9.97 Å². The first-order valence-corrected chi connectivity index (χ1v) is 8.26. The number of nitrogens with one attached hydrogen (secondary N) is 2. The molecule has 0 bridgehead atoms. The molecule has 2 N–H and O–H groups in total. The molecule has 26 heavy (non-hydrogen) atoms. The van der Waals surface area contributed by atoms with Gasteiger partial charge in [0.2, 0.25) is 5.95 Å². The molecule has 0 aliphatic heterocycles. The number of rotatable bonds is 6. The van der Waals surface area contributed by atoms with Gasteiger partial charge in [-0.05, 0) is 43.2 Å². The highest BCUT2D eigenvalue weighted by Gasteiger charge is 2.08. The maximum atomic E-state index is 5.42. The van der Waals surface area contributed by atoms with E-state index in [9.17, 15) is 0 Å². The van der Waals surface area contributed by atoms with Gasteiger partial charge >= 0.3 is 0 Å². The molecule has 1 aromatic heterocycles. The van der Waals surface area contributed by atoms with Crippen molar-refractivity contribution in [3.05, 3.63) is 59.8 Å². The minimum Gasteiger partial charge on any atom is -0.497 e. The smallest absolute Gasteiger partial charge is 0.229 e. The third kappa shape index (κ3) is 3.85. The van der Waals surface area contributed by atoms with Gasteiger partial charge in [-0.15, -0.1) is 0 Å². The van der Waals surface area contributed by atoms with E-state index in [1.54, 1.807) is 26.5 Å². The van der Waals surface area contributed by atoms with Crippen LogP contribution >= 0.6 is 0 Å².